The summed E-state index contributed by atoms with van der Waals surface area (Å²) in [5.74, 6) is -0.228. The van der Waals surface area contributed by atoms with E-state index in [4.69, 9.17) is 4.74 Å². The molecule has 0 radical (unpaired) electrons. The van der Waals surface area contributed by atoms with Crippen LogP contribution in [0.5, 0.6) is 0 Å². The Morgan fingerprint density at radius 1 is 1.30 bits per heavy atom. The monoisotopic (exact) mass is 298 g/mol. The van der Waals surface area contributed by atoms with Gasteiger partial charge in [0.25, 0.3) is 0 Å². The number of benzene rings is 1. The molecule has 1 aromatic rings. The van der Waals surface area contributed by atoms with Crippen LogP contribution in [0.15, 0.2) is 23.1 Å². The molecule has 0 aliphatic carbocycles. The molecule has 2 rings (SSSR count). The number of amides is 1. The summed E-state index contributed by atoms with van der Waals surface area (Å²) in [7, 11) is -3.54. The van der Waals surface area contributed by atoms with Crippen molar-refractivity contribution in [3.8, 4) is 0 Å². The lowest BCUT2D eigenvalue weighted by Crippen LogP contribution is -2.40. The quantitative estimate of drug-likeness (QED) is 0.902. The Bertz CT molecular complexity index is 607. The second kappa shape index (κ2) is 5.90. The lowest BCUT2D eigenvalue weighted by Gasteiger charge is -2.26. The van der Waals surface area contributed by atoms with Gasteiger partial charge in [-0.3, -0.25) is 4.79 Å². The van der Waals surface area contributed by atoms with Crippen LogP contribution in [-0.4, -0.2) is 44.9 Å². The van der Waals surface area contributed by atoms with E-state index in [0.717, 1.165) is 5.56 Å². The Kier molecular flexibility index (Phi) is 4.42. The molecule has 1 aliphatic rings. The predicted octanol–water partition coefficient (Wildman–Crippen LogP) is 0.974. The number of rotatable bonds is 3. The molecule has 7 heteroatoms. The van der Waals surface area contributed by atoms with Crippen molar-refractivity contribution in [2.24, 2.45) is 0 Å². The molecule has 0 bridgehead atoms. The van der Waals surface area contributed by atoms with E-state index in [0.29, 0.717) is 32.0 Å². The maximum atomic E-state index is 12.5. The zero-order chi connectivity index (χ0) is 14.8. The average Bonchev–Trinajstić information content (AvgIpc) is 2.41. The maximum absolute atomic E-state index is 12.5. The second-order valence-corrected chi connectivity index (χ2v) is 6.61. The molecule has 6 nitrogen and oxygen atoms in total. The van der Waals surface area contributed by atoms with Crippen LogP contribution >= 0.6 is 0 Å². The van der Waals surface area contributed by atoms with E-state index in [9.17, 15) is 13.2 Å². The molecule has 1 aliphatic heterocycles. The van der Waals surface area contributed by atoms with Gasteiger partial charge in [0.1, 0.15) is 0 Å². The fourth-order valence-electron chi connectivity index (χ4n) is 2.02. The summed E-state index contributed by atoms with van der Waals surface area (Å²) in [6.45, 7) is 4.73. The fourth-order valence-corrected chi connectivity index (χ4v) is 3.46. The lowest BCUT2D eigenvalue weighted by molar-refractivity contribution is -0.114. The first-order chi connectivity index (χ1) is 9.41. The van der Waals surface area contributed by atoms with Gasteiger partial charge in [-0.15, -0.1) is 0 Å². The number of nitrogens with one attached hydrogen (secondary N) is 1. The minimum atomic E-state index is -3.54. The third-order valence-electron chi connectivity index (χ3n) is 3.13. The number of hydrogen-bond donors (Lipinski definition) is 1. The van der Waals surface area contributed by atoms with E-state index in [1.165, 1.54) is 17.3 Å². The van der Waals surface area contributed by atoms with Gasteiger partial charge in [0.2, 0.25) is 15.9 Å². The molecule has 1 N–H and O–H groups in total. The van der Waals surface area contributed by atoms with E-state index >= 15 is 0 Å². The predicted molar refractivity (Wildman–Crippen MR) is 75.1 cm³/mol. The SMILES string of the molecule is CC(=O)Nc1cc(S(=O)(=O)N2CCOCC2)ccc1C. The molecule has 1 saturated heterocycles. The normalized spacial score (nSPS) is 16.9. The Morgan fingerprint density at radius 3 is 2.55 bits per heavy atom. The van der Waals surface area contributed by atoms with E-state index < -0.39 is 10.0 Å². The highest BCUT2D eigenvalue weighted by Crippen LogP contribution is 2.23. The van der Waals surface area contributed by atoms with E-state index in [-0.39, 0.29) is 10.8 Å². The van der Waals surface area contributed by atoms with Gasteiger partial charge < -0.3 is 10.1 Å². The Morgan fingerprint density at radius 2 is 1.95 bits per heavy atom. The number of sulfonamides is 1. The topological polar surface area (TPSA) is 75.7 Å². The third kappa shape index (κ3) is 3.17. The van der Waals surface area contributed by atoms with Gasteiger partial charge in [-0.2, -0.15) is 4.31 Å². The summed E-state index contributed by atoms with van der Waals surface area (Å²) in [6, 6.07) is 4.76. The number of nitrogens with zero attached hydrogens (tertiary/aromatic N) is 1. The minimum Gasteiger partial charge on any atom is -0.379 e. The van der Waals surface area contributed by atoms with Crippen molar-refractivity contribution >= 4 is 21.6 Å². The third-order valence-corrected chi connectivity index (χ3v) is 5.02. The van der Waals surface area contributed by atoms with Crippen LogP contribution in [0.3, 0.4) is 0 Å². The highest BCUT2D eigenvalue weighted by atomic mass is 32.2. The van der Waals surface area contributed by atoms with Crippen LogP contribution in [0.4, 0.5) is 5.69 Å². The van der Waals surface area contributed by atoms with E-state index in [1.54, 1.807) is 12.1 Å². The molecular formula is C13H18N2O4S. The number of ether oxygens (including phenoxy) is 1. The van der Waals surface area contributed by atoms with Gasteiger partial charge in [0.05, 0.1) is 18.1 Å². The summed E-state index contributed by atoms with van der Waals surface area (Å²) >= 11 is 0. The van der Waals surface area contributed by atoms with Gasteiger partial charge in [0, 0.05) is 25.7 Å². The van der Waals surface area contributed by atoms with Crippen molar-refractivity contribution in [2.75, 3.05) is 31.6 Å². The van der Waals surface area contributed by atoms with E-state index in [1.807, 2.05) is 6.92 Å². The standard InChI is InChI=1S/C13H18N2O4S/c1-10-3-4-12(9-13(10)14-11(2)16)20(17,18)15-5-7-19-8-6-15/h3-4,9H,5-8H2,1-2H3,(H,14,16). The number of hydrogen-bond acceptors (Lipinski definition) is 4. The number of morpholine rings is 1. The van der Waals surface area contributed by atoms with Crippen LogP contribution in [0.1, 0.15) is 12.5 Å². The zero-order valence-corrected chi connectivity index (χ0v) is 12.4. The molecule has 0 aromatic heterocycles. The maximum Gasteiger partial charge on any atom is 0.243 e. The van der Waals surface area contributed by atoms with Gasteiger partial charge >= 0.3 is 0 Å². The van der Waals surface area contributed by atoms with Crippen LogP contribution in [0.25, 0.3) is 0 Å². The van der Waals surface area contributed by atoms with Crippen LogP contribution in [0, 0.1) is 6.92 Å². The first-order valence-corrected chi connectivity index (χ1v) is 7.81. The molecule has 0 atom stereocenters. The first-order valence-electron chi connectivity index (χ1n) is 6.37. The smallest absolute Gasteiger partial charge is 0.243 e. The highest BCUT2D eigenvalue weighted by molar-refractivity contribution is 7.89. The summed E-state index contributed by atoms with van der Waals surface area (Å²) in [4.78, 5) is 11.3. The number of aryl methyl sites for hydroxylation is 1. The Balaban J connectivity index is 2.33. The van der Waals surface area contributed by atoms with Crippen LogP contribution < -0.4 is 5.32 Å². The molecule has 110 valence electrons. The number of anilines is 1. The number of carbonyl (C=O) groups excluding carboxylic acids is 1. The van der Waals surface area contributed by atoms with Gasteiger partial charge in [0.15, 0.2) is 0 Å². The average molecular weight is 298 g/mol. The lowest BCUT2D eigenvalue weighted by atomic mass is 10.2. The molecule has 0 spiro atoms. The fraction of sp³-hybridized carbons (Fsp3) is 0.462. The van der Waals surface area contributed by atoms with Crippen LogP contribution in [-0.2, 0) is 19.6 Å². The summed E-state index contributed by atoms with van der Waals surface area (Å²) in [5.41, 5.74) is 1.34. The molecule has 1 aromatic carbocycles. The van der Waals surface area contributed by atoms with Gasteiger partial charge in [-0.25, -0.2) is 8.42 Å². The summed E-state index contributed by atoms with van der Waals surface area (Å²) < 4.78 is 31.6. The Hall–Kier alpha value is -1.44. The largest absolute Gasteiger partial charge is 0.379 e. The molecule has 0 unspecified atom stereocenters. The summed E-state index contributed by atoms with van der Waals surface area (Å²) in [5, 5.41) is 2.64. The van der Waals surface area contributed by atoms with Crippen molar-refractivity contribution in [3.05, 3.63) is 23.8 Å². The first kappa shape index (κ1) is 15.0. The molecule has 1 heterocycles. The van der Waals surface area contributed by atoms with Gasteiger partial charge in [-0.05, 0) is 24.6 Å². The minimum absolute atomic E-state index is 0.189. The van der Waals surface area contributed by atoms with Crippen molar-refractivity contribution in [1.29, 1.82) is 0 Å². The molecule has 1 fully saturated rings. The van der Waals surface area contributed by atoms with Crippen molar-refractivity contribution in [3.63, 3.8) is 0 Å². The zero-order valence-electron chi connectivity index (χ0n) is 11.5. The molecule has 20 heavy (non-hydrogen) atoms. The molecular weight excluding hydrogens is 280 g/mol. The van der Waals surface area contributed by atoms with E-state index in [2.05, 4.69) is 5.32 Å². The van der Waals surface area contributed by atoms with Crippen molar-refractivity contribution < 1.29 is 17.9 Å². The second-order valence-electron chi connectivity index (χ2n) is 4.67. The molecule has 0 saturated carbocycles. The Labute approximate surface area is 118 Å². The van der Waals surface area contributed by atoms with Gasteiger partial charge in [-0.1, -0.05) is 6.07 Å². The van der Waals surface area contributed by atoms with Crippen molar-refractivity contribution in [1.82, 2.24) is 4.31 Å². The number of carbonyl (C=O) groups is 1. The molecule has 1 amide bonds. The van der Waals surface area contributed by atoms with Crippen molar-refractivity contribution in [2.45, 2.75) is 18.7 Å². The highest BCUT2D eigenvalue weighted by Gasteiger charge is 2.26. The van der Waals surface area contributed by atoms with Crippen LogP contribution in [0.2, 0.25) is 0 Å². The summed E-state index contributed by atoms with van der Waals surface area (Å²) in [6.07, 6.45) is 0.